The van der Waals surface area contributed by atoms with E-state index in [1.165, 1.54) is 21.9 Å². The van der Waals surface area contributed by atoms with E-state index in [0.717, 1.165) is 17.7 Å². The summed E-state index contributed by atoms with van der Waals surface area (Å²) >= 11 is 1.54. The van der Waals surface area contributed by atoms with E-state index >= 15 is 0 Å². The summed E-state index contributed by atoms with van der Waals surface area (Å²) in [6.45, 7) is 0. The molecule has 0 fully saturated rings. The number of carbonyl (C=O) groups excluding carboxylic acids is 1. The number of benzene rings is 3. The summed E-state index contributed by atoms with van der Waals surface area (Å²) < 4.78 is 0. The molecule has 1 N–H and O–H groups in total. The van der Waals surface area contributed by atoms with Crippen molar-refractivity contribution < 1.29 is 4.79 Å². The molecule has 1 aromatic heterocycles. The maximum Gasteiger partial charge on any atom is 0.226 e. The van der Waals surface area contributed by atoms with Gasteiger partial charge in [-0.25, -0.2) is 4.98 Å². The SMILES string of the molecule is O=C(CCc1ccccc1)Nc1ncc(Cc2cccc3ccccc23)s1. The summed E-state index contributed by atoms with van der Waals surface area (Å²) in [6, 6.07) is 24.8. The van der Waals surface area contributed by atoms with Gasteiger partial charge in [0.15, 0.2) is 5.13 Å². The van der Waals surface area contributed by atoms with Crippen molar-refractivity contribution in [1.82, 2.24) is 4.98 Å². The molecular weight excluding hydrogens is 352 g/mol. The van der Waals surface area contributed by atoms with Crippen LogP contribution < -0.4 is 5.32 Å². The van der Waals surface area contributed by atoms with Crippen LogP contribution in [0.25, 0.3) is 10.8 Å². The highest BCUT2D eigenvalue weighted by Crippen LogP contribution is 2.25. The Morgan fingerprint density at radius 1 is 0.926 bits per heavy atom. The molecule has 0 atom stereocenters. The monoisotopic (exact) mass is 372 g/mol. The molecule has 1 heterocycles. The molecule has 0 saturated heterocycles. The summed E-state index contributed by atoms with van der Waals surface area (Å²) in [4.78, 5) is 17.7. The molecule has 0 aliphatic heterocycles. The van der Waals surface area contributed by atoms with Crippen LogP contribution in [0, 0.1) is 0 Å². The Morgan fingerprint density at radius 3 is 2.59 bits per heavy atom. The van der Waals surface area contributed by atoms with Crippen LogP contribution in [0.4, 0.5) is 5.13 Å². The highest BCUT2D eigenvalue weighted by atomic mass is 32.1. The molecule has 0 radical (unpaired) electrons. The minimum atomic E-state index is 0.00455. The van der Waals surface area contributed by atoms with Crippen molar-refractivity contribution in [1.29, 1.82) is 0 Å². The van der Waals surface area contributed by atoms with Gasteiger partial charge < -0.3 is 5.32 Å². The number of amides is 1. The molecule has 0 spiro atoms. The van der Waals surface area contributed by atoms with Gasteiger partial charge in [-0.15, -0.1) is 11.3 Å². The smallest absolute Gasteiger partial charge is 0.226 e. The summed E-state index contributed by atoms with van der Waals surface area (Å²) in [5, 5.41) is 6.10. The third-order valence-electron chi connectivity index (χ3n) is 4.53. The molecule has 0 aliphatic carbocycles. The number of aromatic nitrogens is 1. The second kappa shape index (κ2) is 8.14. The van der Waals surface area contributed by atoms with Gasteiger partial charge in [-0.1, -0.05) is 72.8 Å². The lowest BCUT2D eigenvalue weighted by atomic mass is 10.0. The third kappa shape index (κ3) is 4.41. The predicted molar refractivity (Wildman–Crippen MR) is 112 cm³/mol. The average Bonchev–Trinajstić information content (AvgIpc) is 3.14. The van der Waals surface area contributed by atoms with Crippen molar-refractivity contribution in [2.24, 2.45) is 0 Å². The first kappa shape index (κ1) is 17.4. The van der Waals surface area contributed by atoms with E-state index in [0.29, 0.717) is 11.6 Å². The van der Waals surface area contributed by atoms with E-state index in [2.05, 4.69) is 52.8 Å². The van der Waals surface area contributed by atoms with Crippen molar-refractivity contribution >= 4 is 33.1 Å². The first-order valence-electron chi connectivity index (χ1n) is 9.03. The highest BCUT2D eigenvalue weighted by Gasteiger charge is 2.09. The molecule has 3 nitrogen and oxygen atoms in total. The third-order valence-corrected chi connectivity index (χ3v) is 5.44. The zero-order valence-electron chi connectivity index (χ0n) is 14.9. The van der Waals surface area contributed by atoms with Gasteiger partial charge in [-0.05, 0) is 28.3 Å². The molecule has 4 aromatic rings. The largest absolute Gasteiger partial charge is 0.302 e. The number of nitrogens with zero attached hydrogens (tertiary/aromatic N) is 1. The number of carbonyl (C=O) groups is 1. The van der Waals surface area contributed by atoms with E-state index in [1.54, 1.807) is 11.3 Å². The summed E-state index contributed by atoms with van der Waals surface area (Å²) in [5.74, 6) is 0.00455. The average molecular weight is 372 g/mol. The van der Waals surface area contributed by atoms with Crippen molar-refractivity contribution in [2.75, 3.05) is 5.32 Å². The van der Waals surface area contributed by atoms with E-state index < -0.39 is 0 Å². The topological polar surface area (TPSA) is 42.0 Å². The summed E-state index contributed by atoms with van der Waals surface area (Å²) in [5.41, 5.74) is 2.45. The first-order chi connectivity index (χ1) is 13.3. The van der Waals surface area contributed by atoms with E-state index in [9.17, 15) is 4.79 Å². The fourth-order valence-electron chi connectivity index (χ4n) is 3.17. The van der Waals surface area contributed by atoms with Gasteiger partial charge in [0.1, 0.15) is 0 Å². The molecule has 1 amide bonds. The van der Waals surface area contributed by atoms with Gasteiger partial charge in [0.2, 0.25) is 5.91 Å². The number of rotatable bonds is 6. The molecule has 3 aromatic carbocycles. The Labute approximate surface area is 162 Å². The van der Waals surface area contributed by atoms with Gasteiger partial charge in [-0.3, -0.25) is 4.79 Å². The van der Waals surface area contributed by atoms with Crippen LogP contribution in [0.3, 0.4) is 0 Å². The van der Waals surface area contributed by atoms with E-state index in [1.807, 2.05) is 36.5 Å². The number of nitrogens with one attached hydrogen (secondary N) is 1. The van der Waals surface area contributed by atoms with Gasteiger partial charge in [0.05, 0.1) is 0 Å². The zero-order chi connectivity index (χ0) is 18.5. The van der Waals surface area contributed by atoms with Crippen molar-refractivity contribution in [2.45, 2.75) is 19.3 Å². The maximum absolute atomic E-state index is 12.2. The molecule has 4 rings (SSSR count). The quantitative estimate of drug-likeness (QED) is 0.488. The lowest BCUT2D eigenvalue weighted by molar-refractivity contribution is -0.116. The van der Waals surface area contributed by atoms with Crippen LogP contribution in [0.2, 0.25) is 0 Å². The lowest BCUT2D eigenvalue weighted by Gasteiger charge is -2.04. The zero-order valence-corrected chi connectivity index (χ0v) is 15.7. The van der Waals surface area contributed by atoms with E-state index in [-0.39, 0.29) is 5.91 Å². The van der Waals surface area contributed by atoms with Gasteiger partial charge in [0, 0.05) is 23.9 Å². The standard InChI is InChI=1S/C23H20N2OS/c26-22(14-13-17-7-2-1-3-8-17)25-23-24-16-20(27-23)15-19-11-6-10-18-9-4-5-12-21(18)19/h1-12,16H,13-15H2,(H,24,25,26). The number of hydrogen-bond acceptors (Lipinski definition) is 3. The molecule has 0 aliphatic rings. The Morgan fingerprint density at radius 2 is 1.70 bits per heavy atom. The Hall–Kier alpha value is -2.98. The van der Waals surface area contributed by atoms with Crippen LogP contribution in [-0.2, 0) is 17.6 Å². The number of aryl methyl sites for hydroxylation is 1. The minimum absolute atomic E-state index is 0.00455. The maximum atomic E-state index is 12.2. The number of anilines is 1. The van der Waals surface area contributed by atoms with Crippen LogP contribution in [0.5, 0.6) is 0 Å². The number of fused-ring (bicyclic) bond motifs is 1. The highest BCUT2D eigenvalue weighted by molar-refractivity contribution is 7.15. The fraction of sp³-hybridized carbons (Fsp3) is 0.130. The van der Waals surface area contributed by atoms with E-state index in [4.69, 9.17) is 0 Å². The minimum Gasteiger partial charge on any atom is -0.302 e. The second-order valence-electron chi connectivity index (χ2n) is 6.48. The molecule has 134 valence electrons. The Balaban J connectivity index is 1.39. The van der Waals surface area contributed by atoms with Crippen molar-refractivity contribution in [3.05, 3.63) is 95.0 Å². The Kier molecular flexibility index (Phi) is 5.26. The molecule has 27 heavy (non-hydrogen) atoms. The number of hydrogen-bond donors (Lipinski definition) is 1. The van der Waals surface area contributed by atoms with Gasteiger partial charge in [-0.2, -0.15) is 0 Å². The lowest BCUT2D eigenvalue weighted by Crippen LogP contribution is -2.11. The second-order valence-corrected chi connectivity index (χ2v) is 7.60. The van der Waals surface area contributed by atoms with Crippen LogP contribution in [0.1, 0.15) is 22.4 Å². The normalized spacial score (nSPS) is 10.8. The Bertz CT molecular complexity index is 1050. The van der Waals surface area contributed by atoms with Crippen LogP contribution in [0.15, 0.2) is 79.0 Å². The molecule has 0 bridgehead atoms. The summed E-state index contributed by atoms with van der Waals surface area (Å²) in [6.07, 6.45) is 3.88. The first-order valence-corrected chi connectivity index (χ1v) is 9.85. The summed E-state index contributed by atoms with van der Waals surface area (Å²) in [7, 11) is 0. The van der Waals surface area contributed by atoms with Gasteiger partial charge in [0.25, 0.3) is 0 Å². The fourth-order valence-corrected chi connectivity index (χ4v) is 4.02. The molecule has 0 unspecified atom stereocenters. The van der Waals surface area contributed by atoms with Crippen molar-refractivity contribution in [3.63, 3.8) is 0 Å². The molecule has 0 saturated carbocycles. The van der Waals surface area contributed by atoms with Crippen LogP contribution >= 0.6 is 11.3 Å². The number of thiazole rings is 1. The predicted octanol–water partition coefficient (Wildman–Crippen LogP) is 5.46. The van der Waals surface area contributed by atoms with Crippen molar-refractivity contribution in [3.8, 4) is 0 Å². The molecule has 4 heteroatoms. The van der Waals surface area contributed by atoms with Gasteiger partial charge >= 0.3 is 0 Å². The van der Waals surface area contributed by atoms with Crippen LogP contribution in [-0.4, -0.2) is 10.9 Å². The molecular formula is C23H20N2OS.